The topological polar surface area (TPSA) is 6.48 Å². The van der Waals surface area contributed by atoms with Gasteiger partial charge in [-0.3, -0.25) is 4.90 Å². The molecule has 0 saturated carbocycles. The predicted molar refractivity (Wildman–Crippen MR) is 107 cm³/mol. The molecule has 1 fully saturated rings. The summed E-state index contributed by atoms with van der Waals surface area (Å²) in [5, 5.41) is 1.67. The highest BCUT2D eigenvalue weighted by Gasteiger charge is 2.44. The Bertz CT molecular complexity index is 749. The maximum absolute atomic E-state index is 6.33. The second-order valence-electron chi connectivity index (χ2n) is 7.36. The molecule has 1 spiro atoms. The first kappa shape index (κ1) is 17.2. The number of benzene rings is 2. The molecule has 132 valence electrons. The van der Waals surface area contributed by atoms with E-state index in [0.717, 1.165) is 42.8 Å². The van der Waals surface area contributed by atoms with Crippen LogP contribution in [0.1, 0.15) is 30.9 Å². The second-order valence-corrected chi connectivity index (χ2v) is 8.23. The van der Waals surface area contributed by atoms with E-state index in [1.165, 1.54) is 29.7 Å². The highest BCUT2D eigenvalue weighted by molar-refractivity contribution is 6.31. The fraction of sp³-hybridized carbons (Fsp3) is 0.429. The summed E-state index contributed by atoms with van der Waals surface area (Å²) < 4.78 is 0. The van der Waals surface area contributed by atoms with Gasteiger partial charge in [-0.2, -0.15) is 0 Å². The van der Waals surface area contributed by atoms with Gasteiger partial charge in [-0.1, -0.05) is 35.3 Å². The lowest BCUT2D eigenvalue weighted by molar-refractivity contribution is 0.160. The Labute approximate surface area is 160 Å². The molecule has 4 rings (SSSR count). The molecule has 0 radical (unpaired) electrons. The summed E-state index contributed by atoms with van der Waals surface area (Å²) in [5.41, 5.74) is 4.46. The molecular formula is C21H24Cl2N2. The lowest BCUT2D eigenvalue weighted by Crippen LogP contribution is -2.44. The molecule has 0 amide bonds. The Morgan fingerprint density at radius 3 is 2.32 bits per heavy atom. The molecule has 2 aliphatic rings. The van der Waals surface area contributed by atoms with Crippen molar-refractivity contribution in [2.24, 2.45) is 0 Å². The first-order valence-corrected chi connectivity index (χ1v) is 9.87. The molecule has 0 unspecified atom stereocenters. The first-order valence-electron chi connectivity index (χ1n) is 9.11. The van der Waals surface area contributed by atoms with Crippen molar-refractivity contribution < 1.29 is 0 Å². The molecule has 1 saturated heterocycles. The Hall–Kier alpha value is -1.22. The number of halogens is 2. The Kier molecular flexibility index (Phi) is 4.70. The quantitative estimate of drug-likeness (QED) is 0.712. The van der Waals surface area contributed by atoms with Gasteiger partial charge < -0.3 is 4.90 Å². The molecule has 2 aromatic carbocycles. The Balaban J connectivity index is 1.50. The molecule has 2 heterocycles. The average Bonchev–Trinajstić information content (AvgIpc) is 2.92. The van der Waals surface area contributed by atoms with Gasteiger partial charge in [-0.25, -0.2) is 0 Å². The van der Waals surface area contributed by atoms with Gasteiger partial charge in [0.2, 0.25) is 0 Å². The van der Waals surface area contributed by atoms with Crippen molar-refractivity contribution in [2.75, 3.05) is 31.1 Å². The molecule has 2 aliphatic heterocycles. The number of nitrogens with zero attached hydrogens (tertiary/aromatic N) is 2. The number of hydrogen-bond acceptors (Lipinski definition) is 2. The number of anilines is 1. The fourth-order valence-corrected chi connectivity index (χ4v) is 4.74. The summed E-state index contributed by atoms with van der Waals surface area (Å²) in [6.45, 7) is 7.71. The number of rotatable bonds is 3. The third-order valence-electron chi connectivity index (χ3n) is 5.88. The van der Waals surface area contributed by atoms with Crippen LogP contribution < -0.4 is 4.90 Å². The molecule has 0 aliphatic carbocycles. The zero-order chi connectivity index (χ0) is 17.4. The van der Waals surface area contributed by atoms with E-state index in [9.17, 15) is 0 Å². The minimum atomic E-state index is 0.271. The molecular weight excluding hydrogens is 351 g/mol. The lowest BCUT2D eigenvalue weighted by atomic mass is 9.74. The zero-order valence-corrected chi connectivity index (χ0v) is 16.2. The van der Waals surface area contributed by atoms with Crippen LogP contribution in [0.3, 0.4) is 0 Å². The molecule has 0 bridgehead atoms. The van der Waals surface area contributed by atoms with Crippen molar-refractivity contribution in [1.82, 2.24) is 4.90 Å². The van der Waals surface area contributed by atoms with Gasteiger partial charge in [0.1, 0.15) is 0 Å². The Morgan fingerprint density at radius 2 is 1.64 bits per heavy atom. The third-order valence-corrected chi connectivity index (χ3v) is 6.37. The Morgan fingerprint density at radius 1 is 0.960 bits per heavy atom. The van der Waals surface area contributed by atoms with E-state index in [1.807, 2.05) is 18.2 Å². The maximum atomic E-state index is 6.33. The van der Waals surface area contributed by atoms with Crippen molar-refractivity contribution in [1.29, 1.82) is 0 Å². The van der Waals surface area contributed by atoms with Gasteiger partial charge in [0.05, 0.1) is 0 Å². The van der Waals surface area contributed by atoms with Gasteiger partial charge in [-0.15, -0.1) is 0 Å². The predicted octanol–water partition coefficient (Wildman–Crippen LogP) is 5.37. The van der Waals surface area contributed by atoms with Crippen LogP contribution in [-0.4, -0.2) is 31.1 Å². The fourth-order valence-electron chi connectivity index (χ4n) is 4.44. The molecule has 4 heteroatoms. The SMILES string of the molecule is CCN1CC2(CCN(Cc3ccc(Cl)cc3)CC2)c2cc(Cl)ccc21. The lowest BCUT2D eigenvalue weighted by Gasteiger charge is -2.40. The summed E-state index contributed by atoms with van der Waals surface area (Å²) in [6, 6.07) is 14.7. The standard InChI is InChI=1S/C21H24Cl2N2/c1-2-25-15-21(19-13-18(23)7-8-20(19)25)9-11-24(12-10-21)14-16-3-5-17(22)6-4-16/h3-8,13H,2,9-12,14-15H2,1H3. The number of hydrogen-bond donors (Lipinski definition) is 0. The first-order chi connectivity index (χ1) is 12.1. The second kappa shape index (κ2) is 6.83. The zero-order valence-electron chi connectivity index (χ0n) is 14.6. The smallest absolute Gasteiger partial charge is 0.0410 e. The molecule has 2 nitrogen and oxygen atoms in total. The van der Waals surface area contributed by atoms with Crippen molar-refractivity contribution in [3.8, 4) is 0 Å². The molecule has 25 heavy (non-hydrogen) atoms. The van der Waals surface area contributed by atoms with Crippen LogP contribution in [0.2, 0.25) is 10.0 Å². The van der Waals surface area contributed by atoms with E-state index < -0.39 is 0 Å². The van der Waals surface area contributed by atoms with E-state index in [-0.39, 0.29) is 5.41 Å². The van der Waals surface area contributed by atoms with E-state index in [0.29, 0.717) is 0 Å². The van der Waals surface area contributed by atoms with Crippen LogP contribution in [0.4, 0.5) is 5.69 Å². The third kappa shape index (κ3) is 3.28. The summed E-state index contributed by atoms with van der Waals surface area (Å²) >= 11 is 12.3. The van der Waals surface area contributed by atoms with Crippen LogP contribution >= 0.6 is 23.2 Å². The van der Waals surface area contributed by atoms with E-state index >= 15 is 0 Å². The van der Waals surface area contributed by atoms with Crippen LogP contribution in [-0.2, 0) is 12.0 Å². The summed E-state index contributed by atoms with van der Waals surface area (Å²) in [6.07, 6.45) is 2.40. The molecule has 2 aromatic rings. The summed E-state index contributed by atoms with van der Waals surface area (Å²) in [7, 11) is 0. The number of piperidine rings is 1. The van der Waals surface area contributed by atoms with Crippen LogP contribution in [0.15, 0.2) is 42.5 Å². The van der Waals surface area contributed by atoms with Crippen LogP contribution in [0.5, 0.6) is 0 Å². The highest BCUT2D eigenvalue weighted by atomic mass is 35.5. The minimum Gasteiger partial charge on any atom is -0.371 e. The van der Waals surface area contributed by atoms with Crippen molar-refractivity contribution >= 4 is 28.9 Å². The van der Waals surface area contributed by atoms with Crippen molar-refractivity contribution in [2.45, 2.75) is 31.7 Å². The normalized spacial score (nSPS) is 19.4. The largest absolute Gasteiger partial charge is 0.371 e. The van der Waals surface area contributed by atoms with Crippen molar-refractivity contribution in [3.05, 3.63) is 63.6 Å². The van der Waals surface area contributed by atoms with Crippen molar-refractivity contribution in [3.63, 3.8) is 0 Å². The summed E-state index contributed by atoms with van der Waals surface area (Å²) in [5.74, 6) is 0. The molecule has 0 atom stereocenters. The van der Waals surface area contributed by atoms with Gasteiger partial charge in [-0.05, 0) is 74.3 Å². The van der Waals surface area contributed by atoms with Crippen LogP contribution in [0, 0.1) is 0 Å². The molecule has 0 N–H and O–H groups in total. The highest BCUT2D eigenvalue weighted by Crippen LogP contribution is 2.47. The van der Waals surface area contributed by atoms with E-state index in [4.69, 9.17) is 23.2 Å². The van der Waals surface area contributed by atoms with Gasteiger partial charge in [0.25, 0.3) is 0 Å². The molecule has 0 aromatic heterocycles. The average molecular weight is 375 g/mol. The van der Waals surface area contributed by atoms with E-state index in [1.54, 1.807) is 0 Å². The number of fused-ring (bicyclic) bond motifs is 2. The number of likely N-dealkylation sites (N-methyl/N-ethyl adjacent to an activating group) is 1. The maximum Gasteiger partial charge on any atom is 0.0410 e. The monoisotopic (exact) mass is 374 g/mol. The van der Waals surface area contributed by atoms with Crippen LogP contribution in [0.25, 0.3) is 0 Å². The van der Waals surface area contributed by atoms with Gasteiger partial charge in [0.15, 0.2) is 0 Å². The van der Waals surface area contributed by atoms with E-state index in [2.05, 4.69) is 41.0 Å². The minimum absolute atomic E-state index is 0.271. The number of likely N-dealkylation sites (tertiary alicyclic amines) is 1. The van der Waals surface area contributed by atoms with Gasteiger partial charge >= 0.3 is 0 Å². The van der Waals surface area contributed by atoms with Gasteiger partial charge in [0, 0.05) is 40.8 Å². The summed E-state index contributed by atoms with van der Waals surface area (Å²) in [4.78, 5) is 5.08.